The van der Waals surface area contributed by atoms with E-state index in [9.17, 15) is 0 Å². The van der Waals surface area contributed by atoms with Crippen LogP contribution >= 0.6 is 11.6 Å². The summed E-state index contributed by atoms with van der Waals surface area (Å²) in [5, 5.41) is 3.49. The summed E-state index contributed by atoms with van der Waals surface area (Å²) < 4.78 is 0. The Balaban J connectivity index is 2.61. The molecule has 1 aromatic rings. The van der Waals surface area contributed by atoms with Crippen molar-refractivity contribution in [1.82, 2.24) is 10.3 Å². The number of halogens is 1. The summed E-state index contributed by atoms with van der Waals surface area (Å²) in [6, 6.07) is 3.69. The number of nitrogens with one attached hydrogen (secondary N) is 1. The minimum absolute atomic E-state index is 0.472. The maximum absolute atomic E-state index is 5.81. The van der Waals surface area contributed by atoms with Crippen molar-refractivity contribution in [3.8, 4) is 11.8 Å². The highest BCUT2D eigenvalue weighted by atomic mass is 35.5. The number of hydrogen-bond donors (Lipinski definition) is 1. The maximum Gasteiger partial charge on any atom is 0.144 e. The van der Waals surface area contributed by atoms with Crippen molar-refractivity contribution >= 4 is 11.6 Å². The van der Waals surface area contributed by atoms with Crippen molar-refractivity contribution in [3.63, 3.8) is 0 Å². The number of hydrogen-bond acceptors (Lipinski definition) is 2. The van der Waals surface area contributed by atoms with Crippen molar-refractivity contribution in [1.29, 1.82) is 0 Å². The minimum Gasteiger partial charge on any atom is -0.319 e. The van der Waals surface area contributed by atoms with Crippen LogP contribution < -0.4 is 5.32 Å². The lowest BCUT2D eigenvalue weighted by atomic mass is 10.3. The molecule has 0 bridgehead atoms. The third-order valence-electron chi connectivity index (χ3n) is 1.48. The third-order valence-corrected chi connectivity index (χ3v) is 1.78. The molecular weight excluding hydrogens is 184 g/mol. The smallest absolute Gasteiger partial charge is 0.144 e. The minimum atomic E-state index is 0.472. The van der Waals surface area contributed by atoms with Gasteiger partial charge in [-0.2, -0.15) is 0 Å². The number of pyridine rings is 1. The van der Waals surface area contributed by atoms with Crippen LogP contribution in [0.3, 0.4) is 0 Å². The summed E-state index contributed by atoms with van der Waals surface area (Å²) in [6.07, 6.45) is 2.48. The highest BCUT2D eigenvalue weighted by Crippen LogP contribution is 2.08. The van der Waals surface area contributed by atoms with E-state index in [4.69, 9.17) is 11.6 Å². The van der Waals surface area contributed by atoms with E-state index in [2.05, 4.69) is 22.1 Å². The molecule has 1 rings (SSSR count). The Kier molecular flexibility index (Phi) is 4.31. The highest BCUT2D eigenvalue weighted by molar-refractivity contribution is 6.30. The Morgan fingerprint density at radius 2 is 2.46 bits per heavy atom. The van der Waals surface area contributed by atoms with Crippen molar-refractivity contribution < 1.29 is 0 Å². The van der Waals surface area contributed by atoms with Gasteiger partial charge in [0, 0.05) is 19.2 Å². The van der Waals surface area contributed by atoms with Crippen LogP contribution in [0.15, 0.2) is 18.3 Å². The van der Waals surface area contributed by atoms with Gasteiger partial charge in [-0.3, -0.25) is 0 Å². The van der Waals surface area contributed by atoms with Crippen molar-refractivity contribution in [2.75, 3.05) is 13.6 Å². The molecule has 0 aromatic carbocycles. The lowest BCUT2D eigenvalue weighted by molar-refractivity contribution is 0.818. The second kappa shape index (κ2) is 5.58. The van der Waals surface area contributed by atoms with Crippen LogP contribution in [-0.2, 0) is 0 Å². The molecule has 1 heterocycles. The van der Waals surface area contributed by atoms with Gasteiger partial charge in [-0.15, -0.1) is 0 Å². The average Bonchev–Trinajstić information content (AvgIpc) is 2.15. The van der Waals surface area contributed by atoms with Crippen LogP contribution in [0.2, 0.25) is 5.15 Å². The molecule has 3 heteroatoms. The monoisotopic (exact) mass is 194 g/mol. The summed E-state index contributed by atoms with van der Waals surface area (Å²) in [5.74, 6) is 5.97. The highest BCUT2D eigenvalue weighted by Gasteiger charge is 1.93. The van der Waals surface area contributed by atoms with Crippen molar-refractivity contribution in [2.24, 2.45) is 0 Å². The summed E-state index contributed by atoms with van der Waals surface area (Å²) in [6.45, 7) is 0.894. The molecule has 0 unspecified atom stereocenters. The maximum atomic E-state index is 5.81. The van der Waals surface area contributed by atoms with Gasteiger partial charge >= 0.3 is 0 Å². The van der Waals surface area contributed by atoms with Gasteiger partial charge in [0.05, 0.1) is 5.56 Å². The first-order valence-electron chi connectivity index (χ1n) is 4.08. The Morgan fingerprint density at radius 3 is 3.15 bits per heavy atom. The topological polar surface area (TPSA) is 24.9 Å². The molecular formula is C10H11ClN2. The zero-order chi connectivity index (χ0) is 9.52. The van der Waals surface area contributed by atoms with Crippen LogP contribution in [0.4, 0.5) is 0 Å². The largest absolute Gasteiger partial charge is 0.319 e. The van der Waals surface area contributed by atoms with Gasteiger partial charge in [0.25, 0.3) is 0 Å². The predicted octanol–water partition coefficient (Wildman–Crippen LogP) is 1.70. The fraction of sp³-hybridized carbons (Fsp3) is 0.300. The van der Waals surface area contributed by atoms with Crippen LogP contribution in [0.5, 0.6) is 0 Å². The van der Waals surface area contributed by atoms with Crippen LogP contribution in [-0.4, -0.2) is 18.6 Å². The zero-order valence-electron chi connectivity index (χ0n) is 7.47. The quantitative estimate of drug-likeness (QED) is 0.441. The van der Waals surface area contributed by atoms with Crippen LogP contribution in [0.1, 0.15) is 12.0 Å². The molecule has 0 saturated carbocycles. The molecule has 0 radical (unpaired) electrons. The van der Waals surface area contributed by atoms with E-state index in [0.29, 0.717) is 5.15 Å². The number of rotatable bonds is 2. The second-order valence-corrected chi connectivity index (χ2v) is 2.86. The van der Waals surface area contributed by atoms with E-state index in [1.807, 2.05) is 19.2 Å². The third kappa shape index (κ3) is 3.45. The summed E-state index contributed by atoms with van der Waals surface area (Å²) in [4.78, 5) is 3.93. The Labute approximate surface area is 83.3 Å². The van der Waals surface area contributed by atoms with Gasteiger partial charge < -0.3 is 5.32 Å². The summed E-state index contributed by atoms with van der Waals surface area (Å²) in [5.41, 5.74) is 0.792. The number of nitrogens with zero attached hydrogens (tertiary/aromatic N) is 1. The fourth-order valence-electron chi connectivity index (χ4n) is 0.825. The molecule has 1 N–H and O–H groups in total. The summed E-state index contributed by atoms with van der Waals surface area (Å²) >= 11 is 5.81. The molecule has 0 saturated heterocycles. The Hall–Kier alpha value is -1.04. The fourth-order valence-corrected chi connectivity index (χ4v) is 0.991. The van der Waals surface area contributed by atoms with Gasteiger partial charge in [0.15, 0.2) is 0 Å². The van der Waals surface area contributed by atoms with Crippen LogP contribution in [0.25, 0.3) is 0 Å². The first-order chi connectivity index (χ1) is 6.34. The van der Waals surface area contributed by atoms with E-state index >= 15 is 0 Å². The lowest BCUT2D eigenvalue weighted by Crippen LogP contribution is -2.05. The molecule has 0 aliphatic carbocycles. The Bertz CT molecular complexity index is 325. The van der Waals surface area contributed by atoms with E-state index in [0.717, 1.165) is 18.5 Å². The van der Waals surface area contributed by atoms with E-state index < -0.39 is 0 Å². The first kappa shape index (κ1) is 10.0. The molecule has 0 spiro atoms. The molecule has 0 amide bonds. The molecule has 13 heavy (non-hydrogen) atoms. The van der Waals surface area contributed by atoms with Crippen molar-refractivity contribution in [2.45, 2.75) is 6.42 Å². The molecule has 68 valence electrons. The van der Waals surface area contributed by atoms with Crippen LogP contribution in [0, 0.1) is 11.8 Å². The predicted molar refractivity (Wildman–Crippen MR) is 54.7 cm³/mol. The average molecular weight is 195 g/mol. The Morgan fingerprint density at radius 1 is 1.62 bits per heavy atom. The molecule has 1 aromatic heterocycles. The van der Waals surface area contributed by atoms with E-state index in [1.165, 1.54) is 0 Å². The first-order valence-corrected chi connectivity index (χ1v) is 4.46. The molecule has 0 aliphatic heterocycles. The zero-order valence-corrected chi connectivity index (χ0v) is 8.23. The standard InChI is InChI=1S/C10H11ClN2/c1-12-7-3-2-5-9-6-4-8-13-10(9)11/h4,6,8,12H,3,7H2,1H3. The molecule has 0 fully saturated rings. The molecule has 2 nitrogen and oxygen atoms in total. The molecule has 0 atom stereocenters. The van der Waals surface area contributed by atoms with Gasteiger partial charge in [-0.1, -0.05) is 23.4 Å². The van der Waals surface area contributed by atoms with Gasteiger partial charge in [0.2, 0.25) is 0 Å². The van der Waals surface area contributed by atoms with Gasteiger partial charge in [-0.25, -0.2) is 4.98 Å². The van der Waals surface area contributed by atoms with E-state index in [1.54, 1.807) is 6.20 Å². The van der Waals surface area contributed by atoms with Gasteiger partial charge in [0.1, 0.15) is 5.15 Å². The van der Waals surface area contributed by atoms with Crippen molar-refractivity contribution in [3.05, 3.63) is 29.0 Å². The normalized spacial score (nSPS) is 9.08. The lowest BCUT2D eigenvalue weighted by Gasteiger charge is -1.92. The second-order valence-electron chi connectivity index (χ2n) is 2.50. The molecule has 0 aliphatic rings. The number of aromatic nitrogens is 1. The van der Waals surface area contributed by atoms with Gasteiger partial charge in [-0.05, 0) is 19.2 Å². The summed E-state index contributed by atoms with van der Waals surface area (Å²) in [7, 11) is 1.90. The van der Waals surface area contributed by atoms with E-state index in [-0.39, 0.29) is 0 Å². The SMILES string of the molecule is CNCCC#Cc1cccnc1Cl.